The summed E-state index contributed by atoms with van der Waals surface area (Å²) < 4.78 is 38.8. The number of carbonyl (C=O) groups is 3. The fraction of sp³-hybridized carbons (Fsp3) is 0.100. The van der Waals surface area contributed by atoms with E-state index < -0.39 is 17.6 Å². The normalized spacial score (nSPS) is 10.9. The van der Waals surface area contributed by atoms with E-state index in [0.29, 0.717) is 16.9 Å². The van der Waals surface area contributed by atoms with E-state index in [4.69, 9.17) is 0 Å². The first-order valence-electron chi connectivity index (χ1n) is 12.2. The molecule has 0 bridgehead atoms. The highest BCUT2D eigenvalue weighted by atomic mass is 19.4. The van der Waals surface area contributed by atoms with Crippen molar-refractivity contribution in [3.8, 4) is 0 Å². The molecule has 0 fully saturated rings. The smallest absolute Gasteiger partial charge is 0.376 e. The van der Waals surface area contributed by atoms with Crippen LogP contribution in [0.2, 0.25) is 0 Å². The predicted molar refractivity (Wildman–Crippen MR) is 149 cm³/mol. The molecular formula is C30H25F3N4O3. The summed E-state index contributed by atoms with van der Waals surface area (Å²) in [6, 6.07) is 26.3. The lowest BCUT2D eigenvalue weighted by molar-refractivity contribution is -0.137. The number of benzene rings is 4. The number of amides is 3. The molecule has 40 heavy (non-hydrogen) atoms. The Hall–Kier alpha value is -5.12. The van der Waals surface area contributed by atoms with Crippen LogP contribution in [0.15, 0.2) is 103 Å². The number of anilines is 4. The number of hydrogen-bond acceptors (Lipinski definition) is 4. The summed E-state index contributed by atoms with van der Waals surface area (Å²) in [4.78, 5) is 39.5. The molecule has 4 aromatic carbocycles. The summed E-state index contributed by atoms with van der Waals surface area (Å²) >= 11 is 0. The molecule has 10 heteroatoms. The fourth-order valence-electron chi connectivity index (χ4n) is 3.83. The van der Waals surface area contributed by atoms with E-state index in [1.807, 2.05) is 30.3 Å². The number of rotatable bonds is 8. The van der Waals surface area contributed by atoms with E-state index in [0.717, 1.165) is 17.8 Å². The molecule has 4 rings (SSSR count). The summed E-state index contributed by atoms with van der Waals surface area (Å²) in [5.74, 6) is -1.23. The van der Waals surface area contributed by atoms with E-state index in [-0.39, 0.29) is 29.6 Å². The van der Waals surface area contributed by atoms with E-state index in [1.165, 1.54) is 29.2 Å². The van der Waals surface area contributed by atoms with Crippen molar-refractivity contribution in [2.75, 3.05) is 34.4 Å². The van der Waals surface area contributed by atoms with Gasteiger partial charge in [0, 0.05) is 40.9 Å². The van der Waals surface area contributed by atoms with Gasteiger partial charge in [0.2, 0.25) is 5.91 Å². The van der Waals surface area contributed by atoms with Crippen molar-refractivity contribution in [2.45, 2.75) is 6.18 Å². The number of alkyl halides is 3. The number of para-hydroxylation sites is 1. The minimum Gasteiger partial charge on any atom is -0.376 e. The van der Waals surface area contributed by atoms with Gasteiger partial charge in [0.15, 0.2) is 0 Å². The van der Waals surface area contributed by atoms with E-state index in [2.05, 4.69) is 16.0 Å². The first kappa shape index (κ1) is 27.9. The van der Waals surface area contributed by atoms with Crippen LogP contribution in [0.5, 0.6) is 0 Å². The Balaban J connectivity index is 1.34. The van der Waals surface area contributed by atoms with Crippen molar-refractivity contribution in [3.05, 3.63) is 120 Å². The van der Waals surface area contributed by atoms with Gasteiger partial charge in [0.05, 0.1) is 12.1 Å². The van der Waals surface area contributed by atoms with Crippen molar-refractivity contribution in [3.63, 3.8) is 0 Å². The molecule has 7 nitrogen and oxygen atoms in total. The van der Waals surface area contributed by atoms with Crippen molar-refractivity contribution in [2.24, 2.45) is 0 Å². The van der Waals surface area contributed by atoms with Crippen molar-refractivity contribution >= 4 is 40.5 Å². The van der Waals surface area contributed by atoms with Gasteiger partial charge in [-0.2, -0.15) is 13.2 Å². The number of carbonyl (C=O) groups excluding carboxylic acids is 3. The van der Waals surface area contributed by atoms with Gasteiger partial charge in [-0.1, -0.05) is 36.4 Å². The zero-order chi connectivity index (χ0) is 28.7. The van der Waals surface area contributed by atoms with Crippen LogP contribution in [0.25, 0.3) is 0 Å². The second-order valence-corrected chi connectivity index (χ2v) is 8.80. The Labute approximate surface area is 228 Å². The Morgan fingerprint density at radius 2 is 1.30 bits per heavy atom. The lowest BCUT2D eigenvalue weighted by Gasteiger charge is -2.17. The topological polar surface area (TPSA) is 90.5 Å². The molecule has 0 aliphatic carbocycles. The Kier molecular flexibility index (Phi) is 8.48. The molecule has 0 saturated heterocycles. The molecule has 3 N–H and O–H groups in total. The number of hydrogen-bond donors (Lipinski definition) is 3. The monoisotopic (exact) mass is 546 g/mol. The maximum atomic E-state index is 12.9. The molecule has 0 radical (unpaired) electrons. The van der Waals surface area contributed by atoms with Crippen LogP contribution < -0.4 is 20.9 Å². The number of halogens is 3. The van der Waals surface area contributed by atoms with Crippen LogP contribution in [0.1, 0.15) is 26.3 Å². The zero-order valence-electron chi connectivity index (χ0n) is 21.3. The standard InChI is InChI=1S/C30H25F3N4O3/c1-37(26-14-3-2-4-15-26)29(40)21-9-6-12-24(17-21)35-27(38)19-34-23-11-5-8-20(16-23)28(39)36-25-13-7-10-22(18-25)30(31,32)33/h2-18,34H,19H2,1H3,(H,35,38)(H,36,39). The average molecular weight is 547 g/mol. The Morgan fingerprint density at radius 1 is 0.700 bits per heavy atom. The highest BCUT2D eigenvalue weighted by Gasteiger charge is 2.30. The quantitative estimate of drug-likeness (QED) is 0.243. The van der Waals surface area contributed by atoms with Gasteiger partial charge in [-0.15, -0.1) is 0 Å². The highest BCUT2D eigenvalue weighted by Crippen LogP contribution is 2.30. The average Bonchev–Trinajstić information content (AvgIpc) is 2.96. The molecule has 0 aliphatic rings. The summed E-state index contributed by atoms with van der Waals surface area (Å²) in [5, 5.41) is 8.10. The fourth-order valence-corrected chi connectivity index (χ4v) is 3.83. The maximum Gasteiger partial charge on any atom is 0.416 e. The van der Waals surface area contributed by atoms with E-state index in [1.54, 1.807) is 43.4 Å². The van der Waals surface area contributed by atoms with E-state index in [9.17, 15) is 27.6 Å². The first-order valence-corrected chi connectivity index (χ1v) is 12.2. The molecule has 0 unspecified atom stereocenters. The van der Waals surface area contributed by atoms with Crippen LogP contribution >= 0.6 is 0 Å². The molecule has 204 valence electrons. The zero-order valence-corrected chi connectivity index (χ0v) is 21.3. The molecule has 0 heterocycles. The Morgan fingerprint density at radius 3 is 2.00 bits per heavy atom. The van der Waals surface area contributed by atoms with E-state index >= 15 is 0 Å². The number of nitrogens with one attached hydrogen (secondary N) is 3. The van der Waals surface area contributed by atoms with Gasteiger partial charge in [-0.05, 0) is 66.7 Å². The maximum absolute atomic E-state index is 12.9. The second kappa shape index (κ2) is 12.2. The van der Waals surface area contributed by atoms with Crippen LogP contribution in [0.3, 0.4) is 0 Å². The third kappa shape index (κ3) is 7.25. The SMILES string of the molecule is CN(C(=O)c1cccc(NC(=O)CNc2cccc(C(=O)Nc3cccc(C(F)(F)F)c3)c2)c1)c1ccccc1. The van der Waals surface area contributed by atoms with Crippen LogP contribution in [-0.2, 0) is 11.0 Å². The highest BCUT2D eigenvalue weighted by molar-refractivity contribution is 6.07. The molecular weight excluding hydrogens is 521 g/mol. The van der Waals surface area contributed by atoms with Crippen molar-refractivity contribution in [1.82, 2.24) is 0 Å². The van der Waals surface area contributed by atoms with Crippen LogP contribution in [-0.4, -0.2) is 31.3 Å². The van der Waals surface area contributed by atoms with Crippen LogP contribution in [0.4, 0.5) is 35.9 Å². The van der Waals surface area contributed by atoms with Gasteiger partial charge < -0.3 is 20.9 Å². The summed E-state index contributed by atoms with van der Waals surface area (Å²) in [6.07, 6.45) is -4.53. The minimum absolute atomic E-state index is 0.00763. The third-order valence-electron chi connectivity index (χ3n) is 5.87. The first-order chi connectivity index (χ1) is 19.1. The molecule has 3 amide bonds. The van der Waals surface area contributed by atoms with Gasteiger partial charge in [-0.3, -0.25) is 14.4 Å². The molecule has 0 atom stereocenters. The largest absolute Gasteiger partial charge is 0.416 e. The van der Waals surface area contributed by atoms with Crippen molar-refractivity contribution < 1.29 is 27.6 Å². The summed E-state index contributed by atoms with van der Waals surface area (Å²) in [6.45, 7) is -0.138. The predicted octanol–water partition coefficient (Wildman–Crippen LogP) is 6.28. The Bertz CT molecular complexity index is 1520. The molecule has 0 saturated carbocycles. The molecule has 0 spiro atoms. The van der Waals surface area contributed by atoms with Gasteiger partial charge in [-0.25, -0.2) is 0 Å². The minimum atomic E-state index is -4.53. The third-order valence-corrected chi connectivity index (χ3v) is 5.87. The van der Waals surface area contributed by atoms with Gasteiger partial charge >= 0.3 is 6.18 Å². The van der Waals surface area contributed by atoms with Crippen molar-refractivity contribution in [1.29, 1.82) is 0 Å². The van der Waals surface area contributed by atoms with Gasteiger partial charge in [0.1, 0.15) is 0 Å². The van der Waals surface area contributed by atoms with Crippen LogP contribution in [0, 0.1) is 0 Å². The second-order valence-electron chi connectivity index (χ2n) is 8.80. The molecule has 0 aliphatic heterocycles. The molecule has 0 aromatic heterocycles. The molecule has 4 aromatic rings. The summed E-state index contributed by atoms with van der Waals surface area (Å²) in [5.41, 5.74) is 1.36. The lowest BCUT2D eigenvalue weighted by Crippen LogP contribution is -2.26. The summed E-state index contributed by atoms with van der Waals surface area (Å²) in [7, 11) is 1.67. The lowest BCUT2D eigenvalue weighted by atomic mass is 10.1. The van der Waals surface area contributed by atoms with Gasteiger partial charge in [0.25, 0.3) is 11.8 Å². The number of nitrogens with zero attached hydrogens (tertiary/aromatic N) is 1.